The Morgan fingerprint density at radius 2 is 2.12 bits per heavy atom. The minimum Gasteiger partial charge on any atom is -0.395 e. The third-order valence-corrected chi connectivity index (χ3v) is 4.39. The van der Waals surface area contributed by atoms with Gasteiger partial charge in [0.1, 0.15) is 0 Å². The third-order valence-electron chi connectivity index (χ3n) is 2.29. The summed E-state index contributed by atoms with van der Waals surface area (Å²) < 4.78 is 1.06. The second-order valence-corrected chi connectivity index (χ2v) is 6.46. The van der Waals surface area contributed by atoms with Crippen LogP contribution in [0, 0.1) is 0 Å². The fraction of sp³-hybridized carbons (Fsp3) is 0.500. The van der Waals surface area contributed by atoms with Crippen LogP contribution in [-0.2, 0) is 0 Å². The molecule has 0 fully saturated rings. The van der Waals surface area contributed by atoms with Crippen molar-refractivity contribution >= 4 is 27.7 Å². The molecule has 0 aromatic heterocycles. The molecule has 0 saturated heterocycles. The molecule has 0 aliphatic heterocycles. The average molecular weight is 304 g/mol. The summed E-state index contributed by atoms with van der Waals surface area (Å²) >= 11 is 5.18. The van der Waals surface area contributed by atoms with Gasteiger partial charge >= 0.3 is 0 Å². The topological polar surface area (TPSA) is 46.2 Å². The van der Waals surface area contributed by atoms with Gasteiger partial charge in [-0.1, -0.05) is 35.0 Å². The molecule has 0 aliphatic carbocycles. The summed E-state index contributed by atoms with van der Waals surface area (Å²) in [6.45, 7) is 4.20. The van der Waals surface area contributed by atoms with Gasteiger partial charge in [-0.2, -0.15) is 0 Å². The van der Waals surface area contributed by atoms with Gasteiger partial charge in [-0.25, -0.2) is 0 Å². The molecule has 0 radical (unpaired) electrons. The second-order valence-electron chi connectivity index (χ2n) is 3.96. The SMILES string of the molecule is CC(CO)SC(c1cccc(Br)c1)C(C)N. The van der Waals surface area contributed by atoms with Gasteiger partial charge in [0, 0.05) is 21.0 Å². The fourth-order valence-electron chi connectivity index (χ4n) is 1.48. The molecule has 0 aliphatic rings. The van der Waals surface area contributed by atoms with E-state index in [0.717, 1.165) is 4.47 Å². The molecule has 90 valence electrons. The van der Waals surface area contributed by atoms with Crippen LogP contribution in [-0.4, -0.2) is 23.0 Å². The van der Waals surface area contributed by atoms with Crippen LogP contribution in [0.5, 0.6) is 0 Å². The molecule has 1 rings (SSSR count). The molecule has 3 N–H and O–H groups in total. The van der Waals surface area contributed by atoms with Crippen molar-refractivity contribution in [2.75, 3.05) is 6.61 Å². The Hall–Kier alpha value is -0.0300. The Morgan fingerprint density at radius 3 is 2.62 bits per heavy atom. The summed E-state index contributed by atoms with van der Waals surface area (Å²) in [5.74, 6) is 0. The van der Waals surface area contributed by atoms with Crippen LogP contribution in [0.15, 0.2) is 28.7 Å². The summed E-state index contributed by atoms with van der Waals surface area (Å²) in [6, 6.07) is 8.25. The van der Waals surface area contributed by atoms with Crippen molar-refractivity contribution < 1.29 is 5.11 Å². The molecule has 3 unspecified atom stereocenters. The highest BCUT2D eigenvalue weighted by Crippen LogP contribution is 2.35. The van der Waals surface area contributed by atoms with Crippen molar-refractivity contribution in [1.82, 2.24) is 0 Å². The second kappa shape index (κ2) is 6.64. The molecular formula is C12H18BrNOS. The number of thioether (sulfide) groups is 1. The predicted molar refractivity (Wildman–Crippen MR) is 74.7 cm³/mol. The van der Waals surface area contributed by atoms with E-state index in [-0.39, 0.29) is 23.1 Å². The number of benzene rings is 1. The Kier molecular flexibility index (Phi) is 5.83. The number of nitrogens with two attached hydrogens (primary N) is 1. The minimum absolute atomic E-state index is 0.0632. The first kappa shape index (κ1) is 14.0. The Morgan fingerprint density at radius 1 is 1.44 bits per heavy atom. The molecule has 4 heteroatoms. The zero-order chi connectivity index (χ0) is 12.1. The number of aliphatic hydroxyl groups is 1. The van der Waals surface area contributed by atoms with E-state index in [1.807, 2.05) is 26.0 Å². The first-order valence-electron chi connectivity index (χ1n) is 5.32. The number of rotatable bonds is 5. The first-order chi connectivity index (χ1) is 7.54. The van der Waals surface area contributed by atoms with Crippen LogP contribution in [0.2, 0.25) is 0 Å². The highest BCUT2D eigenvalue weighted by atomic mass is 79.9. The van der Waals surface area contributed by atoms with E-state index in [2.05, 4.69) is 28.1 Å². The van der Waals surface area contributed by atoms with Crippen molar-refractivity contribution in [1.29, 1.82) is 0 Å². The van der Waals surface area contributed by atoms with Gasteiger partial charge in [0.15, 0.2) is 0 Å². The lowest BCUT2D eigenvalue weighted by atomic mass is 10.1. The summed E-state index contributed by atoms with van der Waals surface area (Å²) in [4.78, 5) is 0. The van der Waals surface area contributed by atoms with Gasteiger partial charge in [-0.15, -0.1) is 11.8 Å². The van der Waals surface area contributed by atoms with Crippen molar-refractivity contribution in [2.45, 2.75) is 30.4 Å². The van der Waals surface area contributed by atoms with Crippen LogP contribution in [0.3, 0.4) is 0 Å². The number of hydrogen-bond donors (Lipinski definition) is 2. The Labute approximate surface area is 110 Å². The average Bonchev–Trinajstić information content (AvgIpc) is 2.25. The minimum atomic E-state index is 0.0632. The summed E-state index contributed by atoms with van der Waals surface area (Å²) in [6.07, 6.45) is 0. The number of aliphatic hydroxyl groups excluding tert-OH is 1. The summed E-state index contributed by atoms with van der Waals surface area (Å²) in [5.41, 5.74) is 7.21. The number of halogens is 1. The van der Waals surface area contributed by atoms with Crippen molar-refractivity contribution in [3.63, 3.8) is 0 Å². The van der Waals surface area contributed by atoms with E-state index >= 15 is 0 Å². The molecule has 0 heterocycles. The van der Waals surface area contributed by atoms with Crippen molar-refractivity contribution in [3.05, 3.63) is 34.3 Å². The van der Waals surface area contributed by atoms with Gasteiger partial charge in [0.05, 0.1) is 6.61 Å². The lowest BCUT2D eigenvalue weighted by Crippen LogP contribution is -2.24. The van der Waals surface area contributed by atoms with Gasteiger partial charge in [0.25, 0.3) is 0 Å². The van der Waals surface area contributed by atoms with Gasteiger partial charge < -0.3 is 10.8 Å². The van der Waals surface area contributed by atoms with Crippen LogP contribution < -0.4 is 5.73 Å². The van der Waals surface area contributed by atoms with Crippen LogP contribution in [0.1, 0.15) is 24.7 Å². The summed E-state index contributed by atoms with van der Waals surface area (Å²) in [5, 5.41) is 9.52. The maximum absolute atomic E-state index is 9.10. The largest absolute Gasteiger partial charge is 0.395 e. The number of hydrogen-bond acceptors (Lipinski definition) is 3. The molecule has 3 atom stereocenters. The zero-order valence-electron chi connectivity index (χ0n) is 9.56. The smallest absolute Gasteiger partial charge is 0.0547 e. The summed E-state index contributed by atoms with van der Waals surface area (Å²) in [7, 11) is 0. The highest BCUT2D eigenvalue weighted by Gasteiger charge is 2.19. The molecule has 0 saturated carbocycles. The maximum Gasteiger partial charge on any atom is 0.0547 e. The van der Waals surface area contributed by atoms with E-state index in [0.29, 0.717) is 0 Å². The van der Waals surface area contributed by atoms with E-state index in [9.17, 15) is 0 Å². The molecule has 0 amide bonds. The van der Waals surface area contributed by atoms with Crippen LogP contribution in [0.4, 0.5) is 0 Å². The van der Waals surface area contributed by atoms with E-state index in [1.165, 1.54) is 5.56 Å². The standard InChI is InChI=1S/C12H18BrNOS/c1-8(7-15)16-12(9(2)14)10-4-3-5-11(13)6-10/h3-6,8-9,12,15H,7,14H2,1-2H3. The third kappa shape index (κ3) is 4.09. The predicted octanol–water partition coefficient (Wildman–Crippen LogP) is 2.95. The molecule has 0 bridgehead atoms. The van der Waals surface area contributed by atoms with Crippen LogP contribution >= 0.6 is 27.7 Å². The van der Waals surface area contributed by atoms with Crippen LogP contribution in [0.25, 0.3) is 0 Å². The van der Waals surface area contributed by atoms with Crippen molar-refractivity contribution in [3.8, 4) is 0 Å². The molecule has 1 aromatic carbocycles. The first-order valence-corrected chi connectivity index (χ1v) is 7.05. The molecular weight excluding hydrogens is 286 g/mol. The van der Waals surface area contributed by atoms with Gasteiger partial charge in [0.2, 0.25) is 0 Å². The van der Waals surface area contributed by atoms with E-state index in [1.54, 1.807) is 11.8 Å². The molecule has 1 aromatic rings. The maximum atomic E-state index is 9.10. The van der Waals surface area contributed by atoms with Gasteiger partial charge in [-0.05, 0) is 24.6 Å². The zero-order valence-corrected chi connectivity index (χ0v) is 12.0. The van der Waals surface area contributed by atoms with Gasteiger partial charge in [-0.3, -0.25) is 0 Å². The van der Waals surface area contributed by atoms with Crippen molar-refractivity contribution in [2.24, 2.45) is 5.73 Å². The lowest BCUT2D eigenvalue weighted by molar-refractivity contribution is 0.299. The Balaban J connectivity index is 2.85. The quantitative estimate of drug-likeness (QED) is 0.879. The molecule has 16 heavy (non-hydrogen) atoms. The monoisotopic (exact) mass is 303 g/mol. The normalized spacial score (nSPS) is 16.8. The molecule has 0 spiro atoms. The fourth-order valence-corrected chi connectivity index (χ4v) is 3.04. The Bertz CT molecular complexity index is 333. The lowest BCUT2D eigenvalue weighted by Gasteiger charge is -2.23. The molecule has 2 nitrogen and oxygen atoms in total. The van der Waals surface area contributed by atoms with E-state index < -0.39 is 0 Å². The highest BCUT2D eigenvalue weighted by molar-refractivity contribution is 9.10. The van der Waals surface area contributed by atoms with E-state index in [4.69, 9.17) is 10.8 Å².